The van der Waals surface area contributed by atoms with Crippen LogP contribution in [-0.2, 0) is 33.8 Å². The van der Waals surface area contributed by atoms with Gasteiger partial charge in [-0.1, -0.05) is 51.5 Å². The van der Waals surface area contributed by atoms with Gasteiger partial charge in [0.25, 0.3) is 0 Å². The second-order valence-corrected chi connectivity index (χ2v) is 10.4. The van der Waals surface area contributed by atoms with E-state index < -0.39 is 6.04 Å². The third kappa shape index (κ3) is 10.1. The standard InChI is InChI=1S/C30H46N8O5/c1-5-8-16-43-29-36-26(31)25-27(37-29)38(30(41)35-25)15-9-10-23(34-22(6-2)19-32-7-3)28(40)33-18-21-13-11-20(12-14-21)17-24(39)42-4/h11-14,22-23,32,34H,5-10,15-19H2,1-4H3,(H,33,40)(H,35,41)(H2,31,36,37). The minimum atomic E-state index is -0.476. The van der Waals surface area contributed by atoms with Crippen molar-refractivity contribution >= 4 is 28.9 Å². The summed E-state index contributed by atoms with van der Waals surface area (Å²) in [6.07, 6.45) is 3.89. The quantitative estimate of drug-likeness (QED) is 0.101. The number of likely N-dealkylation sites (N-methyl/N-ethyl adjacent to an activating group) is 1. The number of rotatable bonds is 19. The molecule has 13 nitrogen and oxygen atoms in total. The van der Waals surface area contributed by atoms with Gasteiger partial charge in [-0.05, 0) is 43.4 Å². The number of unbranched alkanes of at least 4 members (excludes halogenated alkanes) is 1. The number of nitrogens with one attached hydrogen (secondary N) is 4. The molecule has 3 aromatic rings. The Hall–Kier alpha value is -3.97. The summed E-state index contributed by atoms with van der Waals surface area (Å²) in [7, 11) is 1.36. The zero-order valence-corrected chi connectivity index (χ0v) is 25.7. The Morgan fingerprint density at radius 1 is 1.09 bits per heavy atom. The van der Waals surface area contributed by atoms with Crippen LogP contribution >= 0.6 is 0 Å². The molecular formula is C30H46N8O5. The monoisotopic (exact) mass is 598 g/mol. The zero-order valence-electron chi connectivity index (χ0n) is 25.7. The molecule has 6 N–H and O–H groups in total. The zero-order chi connectivity index (χ0) is 31.2. The first-order chi connectivity index (χ1) is 20.8. The maximum absolute atomic E-state index is 13.4. The van der Waals surface area contributed by atoms with E-state index in [1.165, 1.54) is 11.7 Å². The second kappa shape index (κ2) is 17.2. The highest BCUT2D eigenvalue weighted by Crippen LogP contribution is 2.18. The fourth-order valence-electron chi connectivity index (χ4n) is 4.60. The summed E-state index contributed by atoms with van der Waals surface area (Å²) in [4.78, 5) is 49.1. The molecule has 1 amide bonds. The van der Waals surface area contributed by atoms with Crippen molar-refractivity contribution in [1.29, 1.82) is 0 Å². The smallest absolute Gasteiger partial charge is 0.327 e. The fraction of sp³-hybridized carbons (Fsp3) is 0.567. The van der Waals surface area contributed by atoms with Crippen molar-refractivity contribution in [2.24, 2.45) is 0 Å². The Labute approximate surface area is 252 Å². The number of fused-ring (bicyclic) bond motifs is 1. The van der Waals surface area contributed by atoms with Gasteiger partial charge in [0, 0.05) is 25.7 Å². The number of H-pyrrole nitrogens is 1. The van der Waals surface area contributed by atoms with Crippen LogP contribution in [0, 0.1) is 0 Å². The van der Waals surface area contributed by atoms with E-state index >= 15 is 0 Å². The molecule has 0 aliphatic carbocycles. The van der Waals surface area contributed by atoms with Crippen LogP contribution in [0.5, 0.6) is 6.01 Å². The number of anilines is 1. The molecule has 2 atom stereocenters. The van der Waals surface area contributed by atoms with Gasteiger partial charge < -0.3 is 36.1 Å². The first-order valence-corrected chi connectivity index (χ1v) is 15.1. The molecule has 1 aromatic carbocycles. The van der Waals surface area contributed by atoms with E-state index in [-0.39, 0.29) is 41.9 Å². The molecule has 0 aliphatic heterocycles. The van der Waals surface area contributed by atoms with Crippen molar-refractivity contribution in [3.63, 3.8) is 0 Å². The van der Waals surface area contributed by atoms with Gasteiger partial charge in [-0.15, -0.1) is 0 Å². The molecule has 13 heteroatoms. The van der Waals surface area contributed by atoms with E-state index in [1.54, 1.807) is 0 Å². The van der Waals surface area contributed by atoms with Gasteiger partial charge in [0.1, 0.15) is 5.52 Å². The van der Waals surface area contributed by atoms with E-state index in [0.29, 0.717) is 43.7 Å². The topological polar surface area (TPSA) is 178 Å². The summed E-state index contributed by atoms with van der Waals surface area (Å²) in [5.74, 6) is -0.276. The van der Waals surface area contributed by atoms with Gasteiger partial charge >= 0.3 is 17.7 Å². The number of amides is 1. The van der Waals surface area contributed by atoms with Gasteiger partial charge in [-0.3, -0.25) is 14.2 Å². The minimum absolute atomic E-state index is 0.0967. The number of methoxy groups -OCH3 is 1. The number of nitrogens with zero attached hydrogens (tertiary/aromatic N) is 3. The van der Waals surface area contributed by atoms with Gasteiger partial charge in [-0.25, -0.2) is 4.79 Å². The summed E-state index contributed by atoms with van der Waals surface area (Å²) in [6, 6.07) is 7.24. The molecule has 2 heterocycles. The molecule has 236 valence electrons. The van der Waals surface area contributed by atoms with Gasteiger partial charge in [0.05, 0.1) is 26.2 Å². The van der Waals surface area contributed by atoms with Gasteiger partial charge in [0.2, 0.25) is 5.91 Å². The first-order valence-electron chi connectivity index (χ1n) is 15.1. The minimum Gasteiger partial charge on any atom is -0.469 e. The highest BCUT2D eigenvalue weighted by Gasteiger charge is 2.22. The lowest BCUT2D eigenvalue weighted by atomic mass is 10.1. The SMILES string of the molecule is CCCCOc1nc(N)c2[nH]c(=O)n(CCCC(NC(CC)CNCC)C(=O)NCc3ccc(CC(=O)OC)cc3)c2n1. The van der Waals surface area contributed by atoms with Gasteiger partial charge in [-0.2, -0.15) is 9.97 Å². The maximum atomic E-state index is 13.4. The first kappa shape index (κ1) is 33.5. The van der Waals surface area contributed by atoms with E-state index in [1.807, 2.05) is 31.2 Å². The van der Waals surface area contributed by atoms with Crippen LogP contribution in [0.2, 0.25) is 0 Å². The number of nitrogens with two attached hydrogens (primary N) is 1. The number of hydrogen-bond acceptors (Lipinski definition) is 10. The summed E-state index contributed by atoms with van der Waals surface area (Å²) in [6.45, 7) is 8.89. The summed E-state index contributed by atoms with van der Waals surface area (Å²) in [5.41, 5.74) is 8.25. The Balaban J connectivity index is 1.69. The van der Waals surface area contributed by atoms with Crippen LogP contribution < -0.4 is 32.1 Å². The number of ether oxygens (including phenoxy) is 2. The molecule has 3 rings (SSSR count). The number of esters is 1. The third-order valence-corrected chi connectivity index (χ3v) is 7.19. The van der Waals surface area contributed by atoms with Crippen molar-refractivity contribution < 1.29 is 19.1 Å². The Bertz CT molecular complexity index is 1370. The molecule has 0 aliphatic rings. The molecule has 43 heavy (non-hydrogen) atoms. The maximum Gasteiger partial charge on any atom is 0.327 e. The van der Waals surface area contributed by atoms with Crippen molar-refractivity contribution in [2.45, 2.75) is 84.5 Å². The molecule has 0 saturated heterocycles. The van der Waals surface area contributed by atoms with Crippen LogP contribution in [0.15, 0.2) is 29.1 Å². The fourth-order valence-corrected chi connectivity index (χ4v) is 4.60. The van der Waals surface area contributed by atoms with E-state index in [2.05, 4.69) is 44.7 Å². The lowest BCUT2D eigenvalue weighted by Crippen LogP contribution is -2.51. The number of aromatic amines is 1. The number of carbonyl (C=O) groups excluding carboxylic acids is 2. The number of hydrogen-bond donors (Lipinski definition) is 5. The second-order valence-electron chi connectivity index (χ2n) is 10.4. The predicted molar refractivity (Wildman–Crippen MR) is 166 cm³/mol. The van der Waals surface area contributed by atoms with Crippen LogP contribution in [-0.4, -0.2) is 70.3 Å². The molecule has 0 radical (unpaired) electrons. The number of carbonyl (C=O) groups is 2. The number of nitrogen functional groups attached to an aromatic ring is 1. The normalized spacial score (nSPS) is 12.7. The molecule has 0 fully saturated rings. The van der Waals surface area contributed by atoms with Crippen molar-refractivity contribution in [2.75, 3.05) is 32.5 Å². The molecule has 0 bridgehead atoms. The number of benzene rings is 1. The molecule has 2 aromatic heterocycles. The average Bonchev–Trinajstić information content (AvgIpc) is 3.33. The molecule has 2 unspecified atom stereocenters. The highest BCUT2D eigenvalue weighted by molar-refractivity contribution is 5.82. The van der Waals surface area contributed by atoms with Gasteiger partial charge in [0.15, 0.2) is 11.5 Å². The van der Waals surface area contributed by atoms with E-state index in [4.69, 9.17) is 15.2 Å². The molecule has 0 spiro atoms. The average molecular weight is 599 g/mol. The summed E-state index contributed by atoms with van der Waals surface area (Å²) in [5, 5.41) is 9.89. The lowest BCUT2D eigenvalue weighted by molar-refractivity contribution is -0.139. The predicted octanol–water partition coefficient (Wildman–Crippen LogP) is 2.04. The van der Waals surface area contributed by atoms with Crippen molar-refractivity contribution in [3.05, 3.63) is 45.9 Å². The third-order valence-electron chi connectivity index (χ3n) is 7.19. The highest BCUT2D eigenvalue weighted by atomic mass is 16.5. The molecular weight excluding hydrogens is 552 g/mol. The van der Waals surface area contributed by atoms with Crippen LogP contribution in [0.3, 0.4) is 0 Å². The van der Waals surface area contributed by atoms with Crippen molar-refractivity contribution in [3.8, 4) is 6.01 Å². The number of imidazole rings is 1. The van der Waals surface area contributed by atoms with Crippen LogP contribution in [0.1, 0.15) is 64.0 Å². The number of aryl methyl sites for hydroxylation is 1. The largest absolute Gasteiger partial charge is 0.469 e. The summed E-state index contributed by atoms with van der Waals surface area (Å²) < 4.78 is 11.9. The van der Waals surface area contributed by atoms with Crippen LogP contribution in [0.25, 0.3) is 11.2 Å². The number of aromatic nitrogens is 4. The van der Waals surface area contributed by atoms with E-state index in [9.17, 15) is 14.4 Å². The van der Waals surface area contributed by atoms with Crippen LogP contribution in [0.4, 0.5) is 5.82 Å². The Kier molecular flexibility index (Phi) is 13.4. The Morgan fingerprint density at radius 3 is 2.51 bits per heavy atom. The van der Waals surface area contributed by atoms with Crippen molar-refractivity contribution in [1.82, 2.24) is 35.5 Å². The van der Waals surface area contributed by atoms with E-state index in [0.717, 1.165) is 43.5 Å². The molecule has 0 saturated carbocycles. The lowest BCUT2D eigenvalue weighted by Gasteiger charge is -2.25. The summed E-state index contributed by atoms with van der Waals surface area (Å²) >= 11 is 0. The Morgan fingerprint density at radius 2 is 1.84 bits per heavy atom.